The van der Waals surface area contributed by atoms with Crippen LogP contribution in [-0.4, -0.2) is 38.4 Å². The minimum atomic E-state index is -0.842. The first-order valence-electron chi connectivity index (χ1n) is 9.24. The molecule has 4 amide bonds. The summed E-state index contributed by atoms with van der Waals surface area (Å²) in [5.41, 5.74) is 0.609. The number of anilines is 1. The predicted octanol–water partition coefficient (Wildman–Crippen LogP) is 3.09. The van der Waals surface area contributed by atoms with Crippen molar-refractivity contribution in [3.05, 3.63) is 45.0 Å². The first kappa shape index (κ1) is 21.0. The molecule has 0 bridgehead atoms. The van der Waals surface area contributed by atoms with Crippen molar-refractivity contribution >= 4 is 52.2 Å². The van der Waals surface area contributed by atoms with Gasteiger partial charge in [0.05, 0.1) is 23.0 Å². The van der Waals surface area contributed by atoms with Gasteiger partial charge in [-0.05, 0) is 65.4 Å². The van der Waals surface area contributed by atoms with Gasteiger partial charge < -0.3 is 18.9 Å². The standard InChI is InChI=1S/C21H17IN2O7/c1-3-29-17-8-11(7-14(22)18(17)28-2)6-13-19(25)23-21(27)24(20(13)26)12-4-5-15-16(9-12)31-10-30-15/h4-9H,3,10H2,1-2H3,(H,23,25,27)/b13-6+. The maximum absolute atomic E-state index is 13.1. The largest absolute Gasteiger partial charge is 0.492 e. The second kappa shape index (κ2) is 8.46. The number of nitrogens with one attached hydrogen (secondary N) is 1. The fourth-order valence-electron chi connectivity index (χ4n) is 3.22. The van der Waals surface area contributed by atoms with Gasteiger partial charge in [0.15, 0.2) is 23.0 Å². The summed E-state index contributed by atoms with van der Waals surface area (Å²) in [5, 5.41) is 2.20. The zero-order chi connectivity index (χ0) is 22.1. The molecule has 2 aliphatic heterocycles. The molecular formula is C21H17IN2O7. The summed E-state index contributed by atoms with van der Waals surface area (Å²) in [6.07, 6.45) is 1.41. The van der Waals surface area contributed by atoms with Crippen molar-refractivity contribution in [2.24, 2.45) is 0 Å². The van der Waals surface area contributed by atoms with Crippen LogP contribution in [0.25, 0.3) is 6.08 Å². The topological polar surface area (TPSA) is 103 Å². The smallest absolute Gasteiger partial charge is 0.335 e. The molecule has 0 atom stereocenters. The normalized spacial score (nSPS) is 16.5. The highest BCUT2D eigenvalue weighted by atomic mass is 127. The lowest BCUT2D eigenvalue weighted by atomic mass is 10.1. The minimum absolute atomic E-state index is 0.0564. The highest BCUT2D eigenvalue weighted by Crippen LogP contribution is 2.37. The van der Waals surface area contributed by atoms with Gasteiger partial charge in [-0.3, -0.25) is 14.9 Å². The minimum Gasteiger partial charge on any atom is -0.492 e. The van der Waals surface area contributed by atoms with Crippen LogP contribution in [0.15, 0.2) is 35.9 Å². The lowest BCUT2D eigenvalue weighted by Crippen LogP contribution is -2.54. The molecular weight excluding hydrogens is 519 g/mol. The highest BCUT2D eigenvalue weighted by Gasteiger charge is 2.37. The van der Waals surface area contributed by atoms with E-state index in [0.29, 0.717) is 35.2 Å². The number of hydrogen-bond acceptors (Lipinski definition) is 7. The van der Waals surface area contributed by atoms with Gasteiger partial charge in [-0.1, -0.05) is 0 Å². The maximum atomic E-state index is 13.1. The van der Waals surface area contributed by atoms with Gasteiger partial charge in [0, 0.05) is 6.07 Å². The molecule has 0 aliphatic carbocycles. The van der Waals surface area contributed by atoms with E-state index in [1.807, 2.05) is 6.92 Å². The first-order valence-corrected chi connectivity index (χ1v) is 10.3. The molecule has 1 N–H and O–H groups in total. The van der Waals surface area contributed by atoms with Gasteiger partial charge in [0.1, 0.15) is 5.57 Å². The Labute approximate surface area is 191 Å². The number of rotatable bonds is 5. The summed E-state index contributed by atoms with van der Waals surface area (Å²) in [5.74, 6) is 0.424. The number of methoxy groups -OCH3 is 1. The van der Waals surface area contributed by atoms with Crippen LogP contribution in [0.1, 0.15) is 12.5 Å². The number of nitrogens with zero attached hydrogens (tertiary/aromatic N) is 1. The first-order chi connectivity index (χ1) is 14.9. The summed E-state index contributed by atoms with van der Waals surface area (Å²) in [4.78, 5) is 38.9. The molecule has 160 valence electrons. The number of imide groups is 2. The van der Waals surface area contributed by atoms with Crippen LogP contribution in [0.4, 0.5) is 10.5 Å². The molecule has 0 unspecified atom stereocenters. The van der Waals surface area contributed by atoms with Crippen LogP contribution in [0, 0.1) is 3.57 Å². The molecule has 0 radical (unpaired) electrons. The molecule has 1 saturated heterocycles. The molecule has 10 heteroatoms. The zero-order valence-electron chi connectivity index (χ0n) is 16.6. The van der Waals surface area contributed by atoms with Gasteiger partial charge >= 0.3 is 6.03 Å². The van der Waals surface area contributed by atoms with Gasteiger partial charge in [0.25, 0.3) is 11.8 Å². The van der Waals surface area contributed by atoms with Crippen molar-refractivity contribution in [1.29, 1.82) is 0 Å². The lowest BCUT2D eigenvalue weighted by Gasteiger charge is -2.26. The van der Waals surface area contributed by atoms with Crippen LogP contribution in [0.5, 0.6) is 23.0 Å². The average molecular weight is 536 g/mol. The van der Waals surface area contributed by atoms with Crippen molar-refractivity contribution in [1.82, 2.24) is 5.32 Å². The third-order valence-corrected chi connectivity index (χ3v) is 5.36. The number of ether oxygens (including phenoxy) is 4. The lowest BCUT2D eigenvalue weighted by molar-refractivity contribution is -0.122. The van der Waals surface area contributed by atoms with Crippen LogP contribution < -0.4 is 29.2 Å². The number of urea groups is 1. The fraction of sp³-hybridized carbons (Fsp3) is 0.190. The van der Waals surface area contributed by atoms with Crippen molar-refractivity contribution in [3.63, 3.8) is 0 Å². The van der Waals surface area contributed by atoms with Crippen LogP contribution in [0.2, 0.25) is 0 Å². The van der Waals surface area contributed by atoms with E-state index < -0.39 is 17.8 Å². The molecule has 9 nitrogen and oxygen atoms in total. The van der Waals surface area contributed by atoms with E-state index >= 15 is 0 Å². The highest BCUT2D eigenvalue weighted by molar-refractivity contribution is 14.1. The number of carbonyl (C=O) groups is 3. The Bertz CT molecular complexity index is 1130. The van der Waals surface area contributed by atoms with Crippen molar-refractivity contribution in [2.75, 3.05) is 25.4 Å². The summed E-state index contributed by atoms with van der Waals surface area (Å²) < 4.78 is 22.3. The summed E-state index contributed by atoms with van der Waals surface area (Å²) in [6.45, 7) is 2.31. The number of carbonyl (C=O) groups excluding carboxylic acids is 3. The molecule has 31 heavy (non-hydrogen) atoms. The Hall–Kier alpha value is -3.28. The Morgan fingerprint density at radius 1 is 1.16 bits per heavy atom. The Kier molecular flexibility index (Phi) is 5.72. The molecule has 0 spiro atoms. The monoisotopic (exact) mass is 536 g/mol. The number of hydrogen-bond donors (Lipinski definition) is 1. The van der Waals surface area contributed by atoms with E-state index in [4.69, 9.17) is 18.9 Å². The van der Waals surface area contributed by atoms with E-state index in [-0.39, 0.29) is 18.1 Å². The average Bonchev–Trinajstić information content (AvgIpc) is 3.19. The fourth-order valence-corrected chi connectivity index (χ4v) is 4.06. The third kappa shape index (κ3) is 3.90. The van der Waals surface area contributed by atoms with E-state index in [2.05, 4.69) is 27.9 Å². The SMILES string of the molecule is CCOc1cc(/C=C2\C(=O)NC(=O)N(c3ccc4c(c3)OCO4)C2=O)cc(I)c1OC. The van der Waals surface area contributed by atoms with Crippen molar-refractivity contribution < 1.29 is 33.3 Å². The Morgan fingerprint density at radius 2 is 1.94 bits per heavy atom. The van der Waals surface area contributed by atoms with E-state index in [9.17, 15) is 14.4 Å². The summed E-state index contributed by atoms with van der Waals surface area (Å²) >= 11 is 2.08. The predicted molar refractivity (Wildman–Crippen MR) is 118 cm³/mol. The van der Waals surface area contributed by atoms with E-state index in [1.54, 1.807) is 24.3 Å². The number of benzene rings is 2. The van der Waals surface area contributed by atoms with Gasteiger partial charge in [-0.15, -0.1) is 0 Å². The van der Waals surface area contributed by atoms with Crippen LogP contribution in [-0.2, 0) is 9.59 Å². The second-order valence-corrected chi connectivity index (χ2v) is 7.62. The molecule has 4 rings (SSSR count). The Morgan fingerprint density at radius 3 is 2.68 bits per heavy atom. The Balaban J connectivity index is 1.73. The number of fused-ring (bicyclic) bond motifs is 1. The summed E-state index contributed by atoms with van der Waals surface area (Å²) in [6, 6.07) is 7.22. The van der Waals surface area contributed by atoms with Gasteiger partial charge in [-0.2, -0.15) is 0 Å². The zero-order valence-corrected chi connectivity index (χ0v) is 18.7. The van der Waals surface area contributed by atoms with Gasteiger partial charge in [-0.25, -0.2) is 9.69 Å². The van der Waals surface area contributed by atoms with E-state index in [1.165, 1.54) is 19.3 Å². The van der Waals surface area contributed by atoms with Crippen molar-refractivity contribution in [2.45, 2.75) is 6.92 Å². The van der Waals surface area contributed by atoms with Crippen LogP contribution in [0.3, 0.4) is 0 Å². The maximum Gasteiger partial charge on any atom is 0.335 e. The number of barbiturate groups is 1. The molecule has 2 heterocycles. The molecule has 2 aliphatic rings. The van der Waals surface area contributed by atoms with Crippen LogP contribution >= 0.6 is 22.6 Å². The molecule has 0 aromatic heterocycles. The molecule has 0 saturated carbocycles. The van der Waals surface area contributed by atoms with Gasteiger partial charge in [0.2, 0.25) is 6.79 Å². The van der Waals surface area contributed by atoms with Crippen molar-refractivity contribution in [3.8, 4) is 23.0 Å². The van der Waals surface area contributed by atoms with E-state index in [0.717, 1.165) is 8.47 Å². The number of halogens is 1. The number of amides is 4. The summed E-state index contributed by atoms with van der Waals surface area (Å²) in [7, 11) is 1.53. The quantitative estimate of drug-likeness (QED) is 0.356. The molecule has 1 fully saturated rings. The second-order valence-electron chi connectivity index (χ2n) is 6.46. The molecule has 2 aromatic rings. The molecule has 2 aromatic carbocycles. The third-order valence-electron chi connectivity index (χ3n) is 4.56.